The number of unbranched alkanes of at least 4 members (excludes halogenated alkanes) is 29. The first kappa shape index (κ1) is 49.9. The monoisotopic (exact) mass is 746 g/mol. The first-order chi connectivity index (χ1) is 26.0. The molecule has 0 saturated carbocycles. The lowest BCUT2D eigenvalue weighted by Gasteiger charge is -2.36. The summed E-state index contributed by atoms with van der Waals surface area (Å²) in [5.41, 5.74) is 0. The maximum atomic E-state index is 13.8. The Balaban J connectivity index is 2.29. The second-order valence-electron chi connectivity index (χ2n) is 17.5. The summed E-state index contributed by atoms with van der Waals surface area (Å²) in [7, 11) is 0. The van der Waals surface area contributed by atoms with Crippen LogP contribution in [0.4, 0.5) is 0 Å². The lowest BCUT2D eigenvalue weighted by molar-refractivity contribution is -0.142. The SMILES string of the molecule is CCCCCCCCCCCCCCCCCCNC(=O)C(C(C)C)N(CCN1CCCCC1)C(=O)CCCCCCCCCCCCCCCCC. The number of rotatable bonds is 39. The average Bonchev–Trinajstić information content (AvgIpc) is 3.16. The van der Waals surface area contributed by atoms with Gasteiger partial charge in [0.25, 0.3) is 0 Å². The molecule has 1 aliphatic heterocycles. The molecule has 314 valence electrons. The highest BCUT2D eigenvalue weighted by molar-refractivity contribution is 5.88. The quantitative estimate of drug-likeness (QED) is 0.0638. The van der Waals surface area contributed by atoms with E-state index in [2.05, 4.69) is 37.9 Å². The summed E-state index contributed by atoms with van der Waals surface area (Å²) in [6.07, 6.45) is 46.0. The molecule has 1 unspecified atom stereocenters. The van der Waals surface area contributed by atoms with Gasteiger partial charge in [-0.05, 0) is 44.7 Å². The Morgan fingerprint density at radius 3 is 1.25 bits per heavy atom. The molecule has 1 heterocycles. The van der Waals surface area contributed by atoms with E-state index in [9.17, 15) is 9.59 Å². The minimum atomic E-state index is -0.371. The third-order valence-electron chi connectivity index (χ3n) is 12.0. The number of carbonyl (C=O) groups excluding carboxylic acids is 2. The number of likely N-dealkylation sites (tertiary alicyclic amines) is 1. The molecule has 0 aromatic rings. The molecule has 2 amide bonds. The Labute approximate surface area is 332 Å². The number of hydrogen-bond donors (Lipinski definition) is 1. The van der Waals surface area contributed by atoms with E-state index < -0.39 is 0 Å². The molecule has 1 saturated heterocycles. The summed E-state index contributed by atoms with van der Waals surface area (Å²) in [6.45, 7) is 13.4. The van der Waals surface area contributed by atoms with Crippen LogP contribution in [0.2, 0.25) is 0 Å². The van der Waals surface area contributed by atoms with Crippen molar-refractivity contribution in [2.24, 2.45) is 5.92 Å². The molecule has 1 atom stereocenters. The molecule has 1 rings (SSSR count). The molecule has 5 heteroatoms. The molecule has 0 spiro atoms. The van der Waals surface area contributed by atoms with Gasteiger partial charge in [-0.3, -0.25) is 9.59 Å². The number of nitrogens with zero attached hydrogens (tertiary/aromatic N) is 2. The van der Waals surface area contributed by atoms with Crippen LogP contribution in [0.3, 0.4) is 0 Å². The van der Waals surface area contributed by atoms with E-state index in [1.54, 1.807) is 0 Å². The molecular weight excluding hydrogens is 651 g/mol. The van der Waals surface area contributed by atoms with Crippen LogP contribution in [0, 0.1) is 5.92 Å². The number of amides is 2. The van der Waals surface area contributed by atoms with Gasteiger partial charge in [0.2, 0.25) is 11.8 Å². The van der Waals surface area contributed by atoms with Crippen molar-refractivity contribution in [2.45, 2.75) is 258 Å². The number of piperidine rings is 1. The Bertz CT molecular complexity index is 796. The standard InChI is InChI=1S/C48H95N3O2/c1-5-7-9-11-13-15-17-19-21-23-25-27-29-31-33-36-40-49-48(53)47(45(3)4)51(44-43-50-41-37-34-38-42-50)46(52)39-35-32-30-28-26-24-22-20-18-16-14-12-10-8-6-2/h45,47H,5-44H2,1-4H3,(H,49,53). The van der Waals surface area contributed by atoms with Gasteiger partial charge in [-0.15, -0.1) is 0 Å². The van der Waals surface area contributed by atoms with E-state index in [4.69, 9.17) is 0 Å². The highest BCUT2D eigenvalue weighted by atomic mass is 16.2. The first-order valence-electron chi connectivity index (χ1n) is 24.3. The van der Waals surface area contributed by atoms with Crippen LogP contribution < -0.4 is 5.32 Å². The van der Waals surface area contributed by atoms with Crippen LogP contribution in [0.5, 0.6) is 0 Å². The van der Waals surface area contributed by atoms with Crippen molar-refractivity contribution >= 4 is 11.8 Å². The molecule has 0 bridgehead atoms. The maximum Gasteiger partial charge on any atom is 0.243 e. The van der Waals surface area contributed by atoms with Crippen molar-refractivity contribution in [3.05, 3.63) is 0 Å². The molecular formula is C48H95N3O2. The molecule has 5 nitrogen and oxygen atoms in total. The van der Waals surface area contributed by atoms with Crippen LogP contribution in [0.15, 0.2) is 0 Å². The topological polar surface area (TPSA) is 52.7 Å². The van der Waals surface area contributed by atoms with Gasteiger partial charge in [-0.1, -0.05) is 220 Å². The second-order valence-corrected chi connectivity index (χ2v) is 17.5. The lowest BCUT2D eigenvalue weighted by atomic mass is 9.99. The summed E-state index contributed by atoms with van der Waals surface area (Å²) in [6, 6.07) is -0.371. The Morgan fingerprint density at radius 1 is 0.509 bits per heavy atom. The Morgan fingerprint density at radius 2 is 0.868 bits per heavy atom. The summed E-state index contributed by atoms with van der Waals surface area (Å²) >= 11 is 0. The largest absolute Gasteiger partial charge is 0.354 e. The molecule has 0 radical (unpaired) electrons. The van der Waals surface area contributed by atoms with Crippen molar-refractivity contribution in [2.75, 3.05) is 32.7 Å². The van der Waals surface area contributed by atoms with E-state index in [1.807, 2.05) is 4.90 Å². The van der Waals surface area contributed by atoms with Crippen molar-refractivity contribution in [1.82, 2.24) is 15.1 Å². The fraction of sp³-hybridized carbons (Fsp3) is 0.958. The lowest BCUT2D eigenvalue weighted by Crippen LogP contribution is -2.54. The second kappa shape index (κ2) is 37.8. The van der Waals surface area contributed by atoms with Gasteiger partial charge in [0.05, 0.1) is 0 Å². The predicted molar refractivity (Wildman–Crippen MR) is 233 cm³/mol. The summed E-state index contributed by atoms with van der Waals surface area (Å²) in [5.74, 6) is 0.351. The molecule has 1 fully saturated rings. The van der Waals surface area contributed by atoms with Gasteiger partial charge < -0.3 is 15.1 Å². The van der Waals surface area contributed by atoms with E-state index in [-0.39, 0.29) is 23.8 Å². The predicted octanol–water partition coefficient (Wildman–Crippen LogP) is 14.0. The van der Waals surface area contributed by atoms with E-state index >= 15 is 0 Å². The highest BCUT2D eigenvalue weighted by Gasteiger charge is 2.32. The summed E-state index contributed by atoms with van der Waals surface area (Å²) in [5, 5.41) is 3.26. The summed E-state index contributed by atoms with van der Waals surface area (Å²) < 4.78 is 0. The first-order valence-corrected chi connectivity index (χ1v) is 24.3. The third kappa shape index (κ3) is 29.8. The van der Waals surface area contributed by atoms with Crippen molar-refractivity contribution in [3.8, 4) is 0 Å². The smallest absolute Gasteiger partial charge is 0.243 e. The zero-order chi connectivity index (χ0) is 38.5. The maximum absolute atomic E-state index is 13.8. The van der Waals surface area contributed by atoms with Gasteiger partial charge in [0.15, 0.2) is 0 Å². The number of hydrogen-bond acceptors (Lipinski definition) is 3. The molecule has 1 aliphatic rings. The number of nitrogens with one attached hydrogen (secondary N) is 1. The average molecular weight is 746 g/mol. The van der Waals surface area contributed by atoms with Crippen LogP contribution in [-0.2, 0) is 9.59 Å². The van der Waals surface area contributed by atoms with E-state index in [0.29, 0.717) is 13.0 Å². The van der Waals surface area contributed by atoms with Gasteiger partial charge >= 0.3 is 0 Å². The molecule has 0 aromatic heterocycles. The van der Waals surface area contributed by atoms with Crippen LogP contribution >= 0.6 is 0 Å². The van der Waals surface area contributed by atoms with E-state index in [1.165, 1.54) is 199 Å². The fourth-order valence-corrected chi connectivity index (χ4v) is 8.44. The summed E-state index contributed by atoms with van der Waals surface area (Å²) in [4.78, 5) is 31.9. The van der Waals surface area contributed by atoms with Crippen LogP contribution in [0.1, 0.15) is 252 Å². The molecule has 0 aliphatic carbocycles. The minimum absolute atomic E-state index is 0.0597. The number of carbonyl (C=O) groups is 2. The highest BCUT2D eigenvalue weighted by Crippen LogP contribution is 2.19. The van der Waals surface area contributed by atoms with Crippen LogP contribution in [-0.4, -0.2) is 60.4 Å². The normalized spacial score (nSPS) is 14.2. The van der Waals surface area contributed by atoms with Crippen molar-refractivity contribution < 1.29 is 9.59 Å². The molecule has 1 N–H and O–H groups in total. The van der Waals surface area contributed by atoms with Gasteiger partial charge in [-0.25, -0.2) is 0 Å². The molecule has 53 heavy (non-hydrogen) atoms. The molecule has 0 aromatic carbocycles. The zero-order valence-corrected chi connectivity index (χ0v) is 36.6. The third-order valence-corrected chi connectivity index (χ3v) is 12.0. The Kier molecular flexibility index (Phi) is 35.6. The van der Waals surface area contributed by atoms with Crippen molar-refractivity contribution in [3.63, 3.8) is 0 Å². The minimum Gasteiger partial charge on any atom is -0.354 e. The van der Waals surface area contributed by atoms with E-state index in [0.717, 1.165) is 45.4 Å². The fourth-order valence-electron chi connectivity index (χ4n) is 8.44. The van der Waals surface area contributed by atoms with Crippen LogP contribution in [0.25, 0.3) is 0 Å². The van der Waals surface area contributed by atoms with Gasteiger partial charge in [0, 0.05) is 26.1 Å². The van der Waals surface area contributed by atoms with Gasteiger partial charge in [0.1, 0.15) is 6.04 Å². The van der Waals surface area contributed by atoms with Gasteiger partial charge in [-0.2, -0.15) is 0 Å². The Hall–Kier alpha value is -1.10. The zero-order valence-electron chi connectivity index (χ0n) is 36.6. The van der Waals surface area contributed by atoms with Crippen molar-refractivity contribution in [1.29, 1.82) is 0 Å².